The molecule has 0 aromatic heterocycles. The summed E-state index contributed by atoms with van der Waals surface area (Å²) in [6, 6.07) is 7.45. The highest BCUT2D eigenvalue weighted by atomic mass is 32.2. The lowest BCUT2D eigenvalue weighted by Gasteiger charge is -2.09. The van der Waals surface area contributed by atoms with Crippen molar-refractivity contribution in [3.63, 3.8) is 0 Å². The highest BCUT2D eigenvalue weighted by Crippen LogP contribution is 2.40. The molecule has 1 fully saturated rings. The second-order valence-electron chi connectivity index (χ2n) is 4.05. The fraction of sp³-hybridized carbons (Fsp3) is 0.385. The normalized spacial score (nSPS) is 23.8. The van der Waals surface area contributed by atoms with Gasteiger partial charge in [0.15, 0.2) is 5.78 Å². The number of Topliss-reactive ketones (excluding diaryl/α,β-unsaturated/α-hetero) is 2. The molecule has 0 N–H and O–H groups in total. The number of ketones is 2. The van der Waals surface area contributed by atoms with Gasteiger partial charge < -0.3 is 4.74 Å². The van der Waals surface area contributed by atoms with Gasteiger partial charge in [0, 0.05) is 5.75 Å². The van der Waals surface area contributed by atoms with Crippen molar-refractivity contribution in [3.05, 3.63) is 29.8 Å². The second-order valence-corrected chi connectivity index (χ2v) is 5.19. The number of thioether (sulfide) groups is 1. The standard InChI is InChI=1S/C13H14O3S/c1-8(14)11-7-17-13(12(11)15)9-3-5-10(16-2)6-4-9/h3-6,11,13H,7H2,1-2H3. The van der Waals surface area contributed by atoms with Crippen LogP contribution >= 0.6 is 11.8 Å². The summed E-state index contributed by atoms with van der Waals surface area (Å²) in [5.41, 5.74) is 0.949. The zero-order valence-corrected chi connectivity index (χ0v) is 10.6. The van der Waals surface area contributed by atoms with Crippen LogP contribution in [-0.4, -0.2) is 24.4 Å². The van der Waals surface area contributed by atoms with Crippen LogP contribution in [0, 0.1) is 5.92 Å². The summed E-state index contributed by atoms with van der Waals surface area (Å²) >= 11 is 1.54. The molecule has 1 aromatic rings. The molecule has 0 saturated carbocycles. The van der Waals surface area contributed by atoms with Crippen molar-refractivity contribution in [1.29, 1.82) is 0 Å². The number of carbonyl (C=O) groups excluding carboxylic acids is 2. The molecule has 0 aliphatic carbocycles. The summed E-state index contributed by atoms with van der Waals surface area (Å²) in [4.78, 5) is 23.3. The smallest absolute Gasteiger partial charge is 0.161 e. The Balaban J connectivity index is 2.18. The number of methoxy groups -OCH3 is 1. The van der Waals surface area contributed by atoms with Crippen molar-refractivity contribution in [2.75, 3.05) is 12.9 Å². The minimum atomic E-state index is -0.424. The third-order valence-electron chi connectivity index (χ3n) is 2.94. The van der Waals surface area contributed by atoms with Crippen LogP contribution in [0.4, 0.5) is 0 Å². The lowest BCUT2D eigenvalue weighted by Crippen LogP contribution is -2.20. The Morgan fingerprint density at radius 3 is 2.47 bits per heavy atom. The van der Waals surface area contributed by atoms with E-state index in [9.17, 15) is 9.59 Å². The Morgan fingerprint density at radius 2 is 2.00 bits per heavy atom. The minimum absolute atomic E-state index is 0.0292. The Hall–Kier alpha value is -1.29. The topological polar surface area (TPSA) is 43.4 Å². The molecule has 0 bridgehead atoms. The van der Waals surface area contributed by atoms with Crippen LogP contribution in [0.5, 0.6) is 5.75 Å². The van der Waals surface area contributed by atoms with Crippen molar-refractivity contribution < 1.29 is 14.3 Å². The van der Waals surface area contributed by atoms with E-state index in [2.05, 4.69) is 0 Å². The highest BCUT2D eigenvalue weighted by Gasteiger charge is 2.38. The van der Waals surface area contributed by atoms with E-state index in [-0.39, 0.29) is 16.8 Å². The molecule has 4 heteroatoms. The Kier molecular flexibility index (Phi) is 3.52. The van der Waals surface area contributed by atoms with Crippen LogP contribution in [0.15, 0.2) is 24.3 Å². The maximum absolute atomic E-state index is 12.0. The van der Waals surface area contributed by atoms with E-state index >= 15 is 0 Å². The van der Waals surface area contributed by atoms with Gasteiger partial charge in [0.2, 0.25) is 0 Å². The molecule has 17 heavy (non-hydrogen) atoms. The molecule has 2 unspecified atom stereocenters. The van der Waals surface area contributed by atoms with Crippen molar-refractivity contribution in [2.45, 2.75) is 12.2 Å². The number of benzene rings is 1. The summed E-state index contributed by atoms with van der Waals surface area (Å²) in [6.45, 7) is 1.49. The largest absolute Gasteiger partial charge is 0.497 e. The van der Waals surface area contributed by atoms with Gasteiger partial charge >= 0.3 is 0 Å². The molecular formula is C13H14O3S. The third-order valence-corrected chi connectivity index (χ3v) is 4.30. The molecular weight excluding hydrogens is 236 g/mol. The highest BCUT2D eigenvalue weighted by molar-refractivity contribution is 8.00. The zero-order valence-electron chi connectivity index (χ0n) is 9.80. The summed E-state index contributed by atoms with van der Waals surface area (Å²) < 4.78 is 5.07. The first-order valence-corrected chi connectivity index (χ1v) is 6.48. The molecule has 0 amide bonds. The maximum Gasteiger partial charge on any atom is 0.161 e. The Bertz CT molecular complexity index is 438. The predicted octanol–water partition coefficient (Wildman–Crippen LogP) is 2.26. The average molecular weight is 250 g/mol. The lowest BCUT2D eigenvalue weighted by molar-refractivity contribution is -0.129. The Morgan fingerprint density at radius 1 is 1.35 bits per heavy atom. The van der Waals surface area contributed by atoms with E-state index in [4.69, 9.17) is 4.74 Å². The van der Waals surface area contributed by atoms with Crippen LogP contribution in [0.25, 0.3) is 0 Å². The molecule has 2 rings (SSSR count). The van der Waals surface area contributed by atoms with Gasteiger partial charge in [0.25, 0.3) is 0 Å². The van der Waals surface area contributed by atoms with Crippen LogP contribution in [-0.2, 0) is 9.59 Å². The van der Waals surface area contributed by atoms with Gasteiger partial charge in [-0.05, 0) is 24.6 Å². The number of ether oxygens (including phenoxy) is 1. The van der Waals surface area contributed by atoms with Crippen molar-refractivity contribution in [2.24, 2.45) is 5.92 Å². The van der Waals surface area contributed by atoms with Crippen molar-refractivity contribution in [1.82, 2.24) is 0 Å². The van der Waals surface area contributed by atoms with Crippen LogP contribution in [0.2, 0.25) is 0 Å². The van der Waals surface area contributed by atoms with Gasteiger partial charge in [-0.15, -0.1) is 11.8 Å². The minimum Gasteiger partial charge on any atom is -0.497 e. The van der Waals surface area contributed by atoms with Crippen LogP contribution in [0.1, 0.15) is 17.7 Å². The fourth-order valence-electron chi connectivity index (χ4n) is 1.90. The van der Waals surface area contributed by atoms with E-state index in [1.807, 2.05) is 24.3 Å². The molecule has 1 aromatic carbocycles. The SMILES string of the molecule is COc1ccc(C2SCC(C(C)=O)C2=O)cc1. The van der Waals surface area contributed by atoms with Crippen molar-refractivity contribution in [3.8, 4) is 5.75 Å². The summed E-state index contributed by atoms with van der Waals surface area (Å²) in [6.07, 6.45) is 0. The van der Waals surface area contributed by atoms with E-state index < -0.39 is 5.92 Å². The monoisotopic (exact) mass is 250 g/mol. The lowest BCUT2D eigenvalue weighted by atomic mass is 9.96. The first-order valence-electron chi connectivity index (χ1n) is 5.43. The van der Waals surface area contributed by atoms with Gasteiger partial charge in [-0.1, -0.05) is 12.1 Å². The summed E-state index contributed by atoms with van der Waals surface area (Å²) in [5.74, 6) is 0.954. The summed E-state index contributed by atoms with van der Waals surface area (Å²) in [7, 11) is 1.61. The quantitative estimate of drug-likeness (QED) is 0.772. The molecule has 1 saturated heterocycles. The predicted molar refractivity (Wildman–Crippen MR) is 67.4 cm³/mol. The number of hydrogen-bond acceptors (Lipinski definition) is 4. The molecule has 1 aliphatic rings. The van der Waals surface area contributed by atoms with E-state index in [1.54, 1.807) is 18.9 Å². The van der Waals surface area contributed by atoms with E-state index in [1.165, 1.54) is 6.92 Å². The number of hydrogen-bond donors (Lipinski definition) is 0. The average Bonchev–Trinajstić information content (AvgIpc) is 2.71. The van der Waals surface area contributed by atoms with Crippen LogP contribution in [0.3, 0.4) is 0 Å². The van der Waals surface area contributed by atoms with Gasteiger partial charge in [0.05, 0.1) is 18.3 Å². The molecule has 0 spiro atoms. The summed E-state index contributed by atoms with van der Waals surface area (Å²) in [5, 5.41) is -0.199. The van der Waals surface area contributed by atoms with Crippen LogP contribution < -0.4 is 4.74 Å². The van der Waals surface area contributed by atoms with Gasteiger partial charge in [-0.2, -0.15) is 0 Å². The van der Waals surface area contributed by atoms with Crippen molar-refractivity contribution >= 4 is 23.3 Å². The van der Waals surface area contributed by atoms with E-state index in [0.29, 0.717) is 5.75 Å². The zero-order chi connectivity index (χ0) is 12.4. The first kappa shape index (κ1) is 12.2. The van der Waals surface area contributed by atoms with Gasteiger partial charge in [0.1, 0.15) is 11.5 Å². The van der Waals surface area contributed by atoms with Gasteiger partial charge in [-0.3, -0.25) is 9.59 Å². The molecule has 1 aliphatic heterocycles. The molecule has 1 heterocycles. The third kappa shape index (κ3) is 2.36. The number of carbonyl (C=O) groups is 2. The number of rotatable bonds is 3. The molecule has 90 valence electrons. The second kappa shape index (κ2) is 4.92. The maximum atomic E-state index is 12.0. The Labute approximate surface area is 105 Å². The first-order chi connectivity index (χ1) is 8.13. The molecule has 3 nitrogen and oxygen atoms in total. The fourth-order valence-corrected chi connectivity index (χ4v) is 3.36. The van der Waals surface area contributed by atoms with Gasteiger partial charge in [-0.25, -0.2) is 0 Å². The molecule has 2 atom stereocenters. The molecule has 0 radical (unpaired) electrons. The van der Waals surface area contributed by atoms with E-state index in [0.717, 1.165) is 11.3 Å².